The molecule has 736 valence electrons. The second-order valence-corrected chi connectivity index (χ2v) is 37.9. The number of carboxylic acids is 2. The van der Waals surface area contributed by atoms with E-state index in [1.165, 1.54) is 99.6 Å². The number of amides is 6. The van der Waals surface area contributed by atoms with Crippen LogP contribution in [-0.4, -0.2) is 190 Å². The van der Waals surface area contributed by atoms with Crippen LogP contribution in [0.5, 0.6) is 11.5 Å². The summed E-state index contributed by atoms with van der Waals surface area (Å²) in [7, 11) is 0. The Morgan fingerprint density at radius 1 is 0.606 bits per heavy atom. The average Bonchev–Trinajstić information content (AvgIpc) is 1.57. The lowest BCUT2D eigenvalue weighted by atomic mass is 9.79. The van der Waals surface area contributed by atoms with Crippen molar-refractivity contribution < 1.29 is 107 Å². The smallest absolute Gasteiger partial charge is 0.336 e. The van der Waals surface area contributed by atoms with Crippen LogP contribution >= 0.6 is 0 Å². The maximum atomic E-state index is 15.7. The number of carboxylic acid groups (broad SMARTS) is 2. The zero-order valence-corrected chi connectivity index (χ0v) is 79.9. The predicted molar refractivity (Wildman–Crippen MR) is 516 cm³/mol. The normalized spacial score (nSPS) is 21.7. The highest BCUT2D eigenvalue weighted by atomic mass is 16.4. The van der Waals surface area contributed by atoms with Crippen molar-refractivity contribution in [2.24, 2.45) is 52.6 Å². The molecule has 10 rings (SSSR count). The number of nitrogens with zero attached hydrogens (tertiary/aromatic N) is 1. The lowest BCUT2D eigenvalue weighted by Crippen LogP contribution is -2.56. The van der Waals surface area contributed by atoms with E-state index in [2.05, 4.69) is 36.5 Å². The Morgan fingerprint density at radius 2 is 1.25 bits per heavy atom. The lowest BCUT2D eigenvalue weighted by Gasteiger charge is -2.33. The number of aromatic carboxylic acids is 1. The average molecular weight is 1890 g/mol. The number of aliphatic carboxylic acids is 1. The third-order valence-electron chi connectivity index (χ3n) is 26.3. The number of primary amides is 1. The van der Waals surface area contributed by atoms with Crippen LogP contribution in [0.15, 0.2) is 149 Å². The van der Waals surface area contributed by atoms with Gasteiger partial charge >= 0.3 is 11.9 Å². The summed E-state index contributed by atoms with van der Waals surface area (Å²) in [5, 5.41) is 79.4. The fourth-order valence-corrected chi connectivity index (χ4v) is 18.5. The molecule has 1 aliphatic carbocycles. The largest absolute Gasteiger partial charge is 0.508 e. The minimum absolute atomic E-state index is 0.00969. The molecule has 4 heterocycles. The van der Waals surface area contributed by atoms with Crippen LogP contribution in [0.1, 0.15) is 241 Å². The summed E-state index contributed by atoms with van der Waals surface area (Å²) in [6, 6.07) is 28.2. The Morgan fingerprint density at radius 3 is 1.92 bits per heavy atom. The maximum absolute atomic E-state index is 15.7. The number of H-pyrrole nitrogens is 1. The number of hydrogen-bond acceptors (Lipinski definition) is 22. The molecular formula is C106H134N8O23. The van der Waals surface area contributed by atoms with Crippen LogP contribution in [0, 0.1) is 46.8 Å². The molecular weight excluding hydrogens is 1750 g/mol. The van der Waals surface area contributed by atoms with Crippen LogP contribution in [-0.2, 0) is 81.6 Å². The minimum Gasteiger partial charge on any atom is -0.508 e. The molecule has 137 heavy (non-hydrogen) atoms. The number of ketones is 7. The van der Waals surface area contributed by atoms with Crippen molar-refractivity contribution >= 4 is 110 Å². The van der Waals surface area contributed by atoms with Gasteiger partial charge in [0, 0.05) is 140 Å². The van der Waals surface area contributed by atoms with Gasteiger partial charge in [-0.3, -0.25) is 71.9 Å². The molecule has 4 aliphatic rings. The number of benzene rings is 6. The maximum Gasteiger partial charge on any atom is 0.336 e. The molecule has 3 aliphatic heterocycles. The van der Waals surface area contributed by atoms with Gasteiger partial charge < -0.3 is 77.3 Å². The van der Waals surface area contributed by atoms with Gasteiger partial charge in [0.2, 0.25) is 35.4 Å². The Balaban J connectivity index is 0.0000104. The zero-order chi connectivity index (χ0) is 100. The first-order chi connectivity index (χ1) is 65.2. The molecule has 0 radical (unpaired) electrons. The quantitative estimate of drug-likeness (QED) is 0.0138. The summed E-state index contributed by atoms with van der Waals surface area (Å²) in [6.07, 6.45) is -0.173. The summed E-state index contributed by atoms with van der Waals surface area (Å²) in [4.78, 5) is 235. The molecule has 13 atom stereocenters. The number of carbonyl (C=O) groups is 15. The van der Waals surface area contributed by atoms with Crippen molar-refractivity contribution in [3.8, 4) is 33.9 Å². The molecule has 14 N–H and O–H groups in total. The topological polar surface area (TPSA) is 513 Å². The first-order valence-electron chi connectivity index (χ1n) is 47.9. The number of nitrogens with one attached hydrogen (secondary N) is 6. The molecule has 0 spiro atoms. The third kappa shape index (κ3) is 30.6. The van der Waals surface area contributed by atoms with Crippen LogP contribution in [0.3, 0.4) is 0 Å². The molecule has 0 saturated carbocycles. The number of carbonyl (C=O) groups excluding carboxylic acids is 13. The Labute approximate surface area is 798 Å². The summed E-state index contributed by atoms with van der Waals surface area (Å²) in [5.41, 5.74) is 4.95. The van der Waals surface area contributed by atoms with Gasteiger partial charge in [-0.25, -0.2) is 4.79 Å². The SMILES string of the molecule is CC.CC(C)C[C@@H]1CC(=O)[C@H](C)NC(=O)[C@H](Cc2[nH]cc3ccccc23)CC(=O)[C@H](Cc2ccc(O)cc2)NC(=O)[C@H](CCC(=O)O)CC(=O)[C@](C)(NC(=O)[C@@H](CC(=O)[C@H](CO)NC(=O)[C@@H](CC(=O)CCCC(=O)c2ccc(-c3c4ccc(=O)cc-4oc4cc(O)ccc34)c(C(=O)O)c2)C(C)O)Cc2ccccc2)CCCCCCCCCN2CC[C@](C(N)=O)(CC(=O)[C@H](CC(C)C)NC1=O)C2. The van der Waals surface area contributed by atoms with Crippen LogP contribution in [0.25, 0.3) is 44.2 Å². The molecule has 31 nitrogen and oxygen atoms in total. The molecule has 6 amide bonds. The van der Waals surface area contributed by atoms with Crippen molar-refractivity contribution in [1.29, 1.82) is 0 Å². The fraction of sp³-hybridized carbons (Fsp3) is 0.491. The van der Waals surface area contributed by atoms with Gasteiger partial charge in [-0.05, 0) is 168 Å². The molecule has 31 heteroatoms. The van der Waals surface area contributed by atoms with E-state index in [1.807, 2.05) is 59.7 Å². The van der Waals surface area contributed by atoms with Crippen LogP contribution < -0.4 is 37.7 Å². The van der Waals surface area contributed by atoms with Gasteiger partial charge in [-0.1, -0.05) is 159 Å². The highest BCUT2D eigenvalue weighted by molar-refractivity contribution is 6.10. The second kappa shape index (κ2) is 50.9. The molecule has 2 saturated heterocycles. The fourth-order valence-electron chi connectivity index (χ4n) is 18.5. The molecule has 2 fully saturated rings. The van der Waals surface area contributed by atoms with Gasteiger partial charge in [-0.15, -0.1) is 0 Å². The minimum atomic E-state index is -1.90. The number of hydrogen-bond donors (Lipinski definition) is 13. The van der Waals surface area contributed by atoms with Gasteiger partial charge in [0.1, 0.15) is 34.7 Å². The van der Waals surface area contributed by atoms with Gasteiger partial charge in [0.05, 0.1) is 59.2 Å². The number of rotatable bonds is 32. The molecule has 2 bridgehead atoms. The van der Waals surface area contributed by atoms with Gasteiger partial charge in [0.15, 0.2) is 40.1 Å². The number of phenols is 2. The number of aromatic amines is 1. The van der Waals surface area contributed by atoms with Crippen molar-refractivity contribution in [3.63, 3.8) is 0 Å². The van der Waals surface area contributed by atoms with E-state index >= 15 is 24.0 Å². The van der Waals surface area contributed by atoms with E-state index in [1.54, 1.807) is 42.6 Å². The highest BCUT2D eigenvalue weighted by Gasteiger charge is 2.47. The number of nitrogens with two attached hydrogens (primary N) is 1. The zero-order valence-electron chi connectivity index (χ0n) is 79.9. The van der Waals surface area contributed by atoms with E-state index in [9.17, 15) is 83.4 Å². The van der Waals surface area contributed by atoms with E-state index in [0.29, 0.717) is 77.5 Å². The number of aliphatic hydroxyl groups is 2. The Kier molecular flexibility index (Phi) is 40.1. The Bertz CT molecular complexity index is 5640. The molecule has 5 aromatic carbocycles. The number of phenolic OH excluding ortho intramolecular Hbond substituents is 2. The summed E-state index contributed by atoms with van der Waals surface area (Å²) < 4.78 is 5.93. The number of aromatic nitrogens is 1. The predicted octanol–water partition coefficient (Wildman–Crippen LogP) is 12.6. The first-order valence-corrected chi connectivity index (χ1v) is 47.9. The molecule has 1 aromatic heterocycles. The first kappa shape index (κ1) is 108. The standard InChI is InChI=1S/C104H128N8O23.C2H6/c1-60(2)43-69-49-87(120)62(5)107-97(128)71(48-82-76-25-17-16-23-68(76)57-106-82)51-88(121)84(46-65-27-31-72(115)32-28-65)109-96(127)67(30-38-94(125)126)52-93(124)103(7,39-18-11-9-8-10-12-19-41-112-42-40-104(59-112,102(105)134)56-90(123)83(44-61(3)4)108-98(69)129)111-99(130)70(45-64-21-14-13-15-22-64)50-89(122)85(58-113)110-100(131)80(63(6)114)53-73(116)24-20-26-86(119)66-29-35-77(81(47-66)101(132)133)95-78-36-33-74(117)54-91(78)135-92-55-75(118)34-37-79(92)95;1-2/h13-17,21-23,25,27-29,31-37,47,54-55,57,60-63,67,69-71,80,83-85,106,113-115,117H,8-12,18-20,24,26,30,38-46,48-53,56,58-59H2,1-7H3,(H2,105,134)(H,107,128)(H,108,129)(H,109,127)(H,110,131)(H,111,130)(H,125,126)(H,132,133);1-2H3/t62-,63?,67+,69+,70+,71+,80-,83-,84-,85-,103+,104-;/m0./s1. The van der Waals surface area contributed by atoms with Gasteiger partial charge in [0.25, 0.3) is 0 Å². The number of aliphatic hydroxyl groups excluding tert-OH is 2. The summed E-state index contributed by atoms with van der Waals surface area (Å²) in [5.74, 6) is -18.9. The monoisotopic (exact) mass is 1890 g/mol. The van der Waals surface area contributed by atoms with Crippen LogP contribution in [0.2, 0.25) is 0 Å². The van der Waals surface area contributed by atoms with Gasteiger partial charge in [-0.2, -0.15) is 0 Å². The van der Waals surface area contributed by atoms with Crippen LogP contribution in [0.4, 0.5) is 0 Å². The van der Waals surface area contributed by atoms with E-state index in [-0.39, 0.29) is 140 Å². The molecule has 6 aromatic rings. The third-order valence-corrected chi connectivity index (χ3v) is 26.3. The Hall–Kier alpha value is -12.7. The molecule has 2 unspecified atom stereocenters. The summed E-state index contributed by atoms with van der Waals surface area (Å²) in [6.45, 7) is 16.0. The van der Waals surface area contributed by atoms with Crippen molar-refractivity contribution in [3.05, 3.63) is 178 Å². The van der Waals surface area contributed by atoms with Crippen molar-refractivity contribution in [2.45, 2.75) is 259 Å². The van der Waals surface area contributed by atoms with E-state index < -0.39 is 198 Å². The second-order valence-electron chi connectivity index (χ2n) is 37.9. The van der Waals surface area contributed by atoms with E-state index in [0.717, 1.165) is 31.1 Å². The van der Waals surface area contributed by atoms with Crippen molar-refractivity contribution in [2.75, 3.05) is 26.2 Å². The van der Waals surface area contributed by atoms with Crippen molar-refractivity contribution in [1.82, 2.24) is 36.5 Å². The summed E-state index contributed by atoms with van der Waals surface area (Å²) >= 11 is 0. The number of Topliss-reactive ketones (excluding diaryl/α,β-unsaturated/α-hetero) is 7. The van der Waals surface area contributed by atoms with E-state index in [4.69, 9.17) is 10.2 Å². The highest BCUT2D eigenvalue weighted by Crippen LogP contribution is 2.43. The number of fused-ring (bicyclic) bond motifs is 5. The lowest BCUT2D eigenvalue weighted by molar-refractivity contribution is -0.140. The number of aromatic hydroxyl groups is 2.